The molecule has 6 heteroatoms. The van der Waals surface area contributed by atoms with Gasteiger partial charge < -0.3 is 10.2 Å². The van der Waals surface area contributed by atoms with Gasteiger partial charge >= 0.3 is 0 Å². The highest BCUT2D eigenvalue weighted by molar-refractivity contribution is 8.00. The maximum absolute atomic E-state index is 14.4. The van der Waals surface area contributed by atoms with Crippen molar-refractivity contribution in [3.63, 3.8) is 0 Å². The van der Waals surface area contributed by atoms with Gasteiger partial charge in [0.2, 0.25) is 11.8 Å². The van der Waals surface area contributed by atoms with Gasteiger partial charge in [-0.05, 0) is 23.8 Å². The molecule has 0 aliphatic rings. The Kier molecular flexibility index (Phi) is 8.24. The first-order chi connectivity index (χ1) is 15.1. The molecular formula is C25H25FN2O2S. The fraction of sp³-hybridized carbons (Fsp3) is 0.200. The van der Waals surface area contributed by atoms with E-state index in [2.05, 4.69) is 5.32 Å². The first kappa shape index (κ1) is 22.6. The summed E-state index contributed by atoms with van der Waals surface area (Å²) >= 11 is 1.40. The van der Waals surface area contributed by atoms with E-state index in [0.717, 1.165) is 10.5 Å². The Morgan fingerprint density at radius 1 is 0.935 bits per heavy atom. The largest absolute Gasteiger partial charge is 0.357 e. The first-order valence-corrected chi connectivity index (χ1v) is 11.0. The van der Waals surface area contributed by atoms with Crippen LogP contribution in [0.5, 0.6) is 0 Å². The standard InChI is InChI=1S/C25H25FN2O2S/c1-27-25(30)23(16-19-10-4-2-5-11-19)28(17-20-12-8-9-15-22(20)26)24(29)18-31-21-13-6-3-7-14-21/h2-15,23H,16-18H2,1H3,(H,27,30)/t23-/m1/s1. The highest BCUT2D eigenvalue weighted by Gasteiger charge is 2.30. The van der Waals surface area contributed by atoms with Crippen molar-refractivity contribution in [1.29, 1.82) is 0 Å². The number of benzene rings is 3. The molecule has 0 heterocycles. The Labute approximate surface area is 186 Å². The highest BCUT2D eigenvalue weighted by Crippen LogP contribution is 2.21. The predicted molar refractivity (Wildman–Crippen MR) is 122 cm³/mol. The van der Waals surface area contributed by atoms with Gasteiger partial charge in [-0.25, -0.2) is 4.39 Å². The smallest absolute Gasteiger partial charge is 0.242 e. The van der Waals surface area contributed by atoms with Crippen molar-refractivity contribution in [2.75, 3.05) is 12.8 Å². The van der Waals surface area contributed by atoms with Crippen LogP contribution < -0.4 is 5.32 Å². The Hall–Kier alpha value is -3.12. The van der Waals surface area contributed by atoms with E-state index in [0.29, 0.717) is 12.0 Å². The zero-order valence-corrected chi connectivity index (χ0v) is 18.1. The molecule has 0 aliphatic heterocycles. The summed E-state index contributed by atoms with van der Waals surface area (Å²) in [4.78, 5) is 28.5. The third-order valence-electron chi connectivity index (χ3n) is 4.92. The lowest BCUT2D eigenvalue weighted by atomic mass is 10.0. The second kappa shape index (κ2) is 11.3. The molecule has 0 saturated carbocycles. The quantitative estimate of drug-likeness (QED) is 0.509. The summed E-state index contributed by atoms with van der Waals surface area (Å²) in [6, 6.07) is 24.7. The van der Waals surface area contributed by atoms with Crippen LogP contribution in [-0.2, 0) is 22.6 Å². The van der Waals surface area contributed by atoms with Gasteiger partial charge in [-0.15, -0.1) is 11.8 Å². The number of nitrogens with one attached hydrogen (secondary N) is 1. The number of rotatable bonds is 9. The Morgan fingerprint density at radius 3 is 2.19 bits per heavy atom. The van der Waals surface area contributed by atoms with Crippen LogP contribution in [-0.4, -0.2) is 35.6 Å². The molecule has 3 aromatic rings. The van der Waals surface area contributed by atoms with Gasteiger partial charge in [-0.3, -0.25) is 9.59 Å². The summed E-state index contributed by atoms with van der Waals surface area (Å²) in [6.45, 7) is 0.0196. The first-order valence-electron chi connectivity index (χ1n) is 10.0. The Morgan fingerprint density at radius 2 is 1.55 bits per heavy atom. The number of likely N-dealkylation sites (N-methyl/N-ethyl adjacent to an activating group) is 1. The monoisotopic (exact) mass is 436 g/mol. The van der Waals surface area contributed by atoms with E-state index in [4.69, 9.17) is 0 Å². The molecule has 1 atom stereocenters. The van der Waals surface area contributed by atoms with Crippen molar-refractivity contribution in [1.82, 2.24) is 10.2 Å². The van der Waals surface area contributed by atoms with Crippen molar-refractivity contribution in [3.05, 3.63) is 102 Å². The van der Waals surface area contributed by atoms with E-state index in [9.17, 15) is 14.0 Å². The van der Waals surface area contributed by atoms with Crippen LogP contribution in [0.15, 0.2) is 89.8 Å². The number of nitrogens with zero attached hydrogens (tertiary/aromatic N) is 1. The number of carbonyl (C=O) groups is 2. The van der Waals surface area contributed by atoms with Crippen molar-refractivity contribution in [2.24, 2.45) is 0 Å². The van der Waals surface area contributed by atoms with Crippen LogP contribution in [0.25, 0.3) is 0 Å². The third-order valence-corrected chi connectivity index (χ3v) is 5.92. The van der Waals surface area contributed by atoms with E-state index >= 15 is 0 Å². The lowest BCUT2D eigenvalue weighted by Gasteiger charge is -2.31. The van der Waals surface area contributed by atoms with Crippen LogP contribution >= 0.6 is 11.8 Å². The maximum atomic E-state index is 14.4. The molecule has 2 amide bonds. The van der Waals surface area contributed by atoms with Crippen LogP contribution in [0.2, 0.25) is 0 Å². The summed E-state index contributed by atoms with van der Waals surface area (Å²) in [7, 11) is 1.55. The molecule has 1 N–H and O–H groups in total. The summed E-state index contributed by atoms with van der Waals surface area (Å²) in [5.41, 5.74) is 1.31. The molecular weight excluding hydrogens is 411 g/mol. The van der Waals surface area contributed by atoms with Crippen molar-refractivity contribution >= 4 is 23.6 Å². The molecule has 0 radical (unpaired) electrons. The number of hydrogen-bond donors (Lipinski definition) is 1. The summed E-state index contributed by atoms with van der Waals surface area (Å²) in [5.74, 6) is -0.743. The normalized spacial score (nSPS) is 11.5. The minimum atomic E-state index is -0.754. The Balaban J connectivity index is 1.88. The molecule has 0 bridgehead atoms. The number of amides is 2. The number of hydrogen-bond acceptors (Lipinski definition) is 3. The van der Waals surface area contributed by atoms with Gasteiger partial charge in [-0.2, -0.15) is 0 Å². The molecule has 31 heavy (non-hydrogen) atoms. The lowest BCUT2D eigenvalue weighted by Crippen LogP contribution is -2.50. The highest BCUT2D eigenvalue weighted by atomic mass is 32.2. The SMILES string of the molecule is CNC(=O)[C@@H](Cc1ccccc1)N(Cc1ccccc1F)C(=O)CSc1ccccc1. The third kappa shape index (κ3) is 6.43. The molecule has 0 aliphatic carbocycles. The molecule has 0 fully saturated rings. The number of thioether (sulfide) groups is 1. The van der Waals surface area contributed by atoms with Gasteiger partial charge in [0.15, 0.2) is 0 Å². The van der Waals surface area contributed by atoms with Gasteiger partial charge in [0.25, 0.3) is 0 Å². The number of halogens is 1. The summed E-state index contributed by atoms with van der Waals surface area (Å²) < 4.78 is 14.4. The van der Waals surface area contributed by atoms with E-state index in [1.54, 1.807) is 25.2 Å². The zero-order chi connectivity index (χ0) is 22.1. The van der Waals surface area contributed by atoms with Gasteiger partial charge in [0.05, 0.1) is 5.75 Å². The van der Waals surface area contributed by atoms with Gasteiger partial charge in [0.1, 0.15) is 11.9 Å². The molecule has 0 unspecified atom stereocenters. The van der Waals surface area contributed by atoms with E-state index < -0.39 is 11.9 Å². The minimum absolute atomic E-state index is 0.0196. The fourth-order valence-electron chi connectivity index (χ4n) is 3.28. The second-order valence-corrected chi connectivity index (χ2v) is 8.08. The molecule has 0 spiro atoms. The summed E-state index contributed by atoms with van der Waals surface area (Å²) in [6.07, 6.45) is 0.344. The molecule has 3 aromatic carbocycles. The molecule has 4 nitrogen and oxygen atoms in total. The van der Waals surface area contributed by atoms with Crippen molar-refractivity contribution in [3.8, 4) is 0 Å². The van der Waals surface area contributed by atoms with Crippen LogP contribution in [0.1, 0.15) is 11.1 Å². The van der Waals surface area contributed by atoms with Gasteiger partial charge in [0, 0.05) is 30.5 Å². The number of carbonyl (C=O) groups excluding carboxylic acids is 2. The molecule has 160 valence electrons. The fourth-order valence-corrected chi connectivity index (χ4v) is 4.08. The second-order valence-electron chi connectivity index (χ2n) is 7.03. The average molecular weight is 437 g/mol. The topological polar surface area (TPSA) is 49.4 Å². The maximum Gasteiger partial charge on any atom is 0.242 e. The molecule has 0 aromatic heterocycles. The summed E-state index contributed by atoms with van der Waals surface area (Å²) in [5, 5.41) is 2.66. The van der Waals surface area contributed by atoms with Crippen LogP contribution in [0.4, 0.5) is 4.39 Å². The predicted octanol–water partition coefficient (Wildman–Crippen LogP) is 4.30. The molecule has 0 saturated heterocycles. The van der Waals surface area contributed by atoms with Crippen LogP contribution in [0.3, 0.4) is 0 Å². The Bertz CT molecular complexity index is 999. The minimum Gasteiger partial charge on any atom is -0.357 e. The average Bonchev–Trinajstić information content (AvgIpc) is 2.81. The molecule has 3 rings (SSSR count). The zero-order valence-electron chi connectivity index (χ0n) is 17.3. The van der Waals surface area contributed by atoms with Gasteiger partial charge in [-0.1, -0.05) is 66.7 Å². The van der Waals surface area contributed by atoms with Crippen molar-refractivity contribution < 1.29 is 14.0 Å². The van der Waals surface area contributed by atoms with E-state index in [1.807, 2.05) is 60.7 Å². The lowest BCUT2D eigenvalue weighted by molar-refractivity contribution is -0.139. The van der Waals surface area contributed by atoms with E-state index in [1.165, 1.54) is 22.7 Å². The van der Waals surface area contributed by atoms with Crippen LogP contribution in [0, 0.1) is 5.82 Å². The van der Waals surface area contributed by atoms with Crippen molar-refractivity contribution in [2.45, 2.75) is 23.9 Å². The van der Waals surface area contributed by atoms with E-state index in [-0.39, 0.29) is 24.1 Å².